The Morgan fingerprint density at radius 1 is 1.25 bits per heavy atom. The molecule has 0 spiro atoms. The van der Waals surface area contributed by atoms with E-state index in [1.807, 2.05) is 4.90 Å². The van der Waals surface area contributed by atoms with Gasteiger partial charge in [0.25, 0.3) is 5.91 Å². The van der Waals surface area contributed by atoms with Crippen LogP contribution in [0, 0.1) is 5.41 Å². The Morgan fingerprint density at radius 3 is 2.54 bits per heavy atom. The van der Waals surface area contributed by atoms with Crippen molar-refractivity contribution >= 4 is 29.4 Å². The Morgan fingerprint density at radius 2 is 1.93 bits per heavy atom. The van der Waals surface area contributed by atoms with Gasteiger partial charge in [-0.2, -0.15) is 0 Å². The zero-order chi connectivity index (χ0) is 20.7. The first-order chi connectivity index (χ1) is 13.3. The van der Waals surface area contributed by atoms with Gasteiger partial charge in [-0.05, 0) is 25.1 Å². The van der Waals surface area contributed by atoms with E-state index in [1.165, 1.54) is 0 Å². The van der Waals surface area contributed by atoms with Crippen molar-refractivity contribution in [2.24, 2.45) is 5.73 Å². The molecule has 0 saturated carbocycles. The smallest absolute Gasteiger partial charge is 0.305 e. The lowest BCUT2D eigenvalue weighted by atomic mass is 10.1. The van der Waals surface area contributed by atoms with E-state index in [9.17, 15) is 14.4 Å². The topological polar surface area (TPSA) is 152 Å². The first-order valence-electron chi connectivity index (χ1n) is 9.02. The van der Waals surface area contributed by atoms with Gasteiger partial charge in [0.2, 0.25) is 5.91 Å². The van der Waals surface area contributed by atoms with Crippen LogP contribution in [0.1, 0.15) is 23.7 Å². The summed E-state index contributed by atoms with van der Waals surface area (Å²) < 4.78 is 0. The molecule has 28 heavy (non-hydrogen) atoms. The first kappa shape index (κ1) is 21.2. The molecule has 0 aliphatic carbocycles. The van der Waals surface area contributed by atoms with Gasteiger partial charge >= 0.3 is 5.97 Å². The summed E-state index contributed by atoms with van der Waals surface area (Å²) in [6.45, 7) is 4.29. The molecule has 152 valence electrons. The van der Waals surface area contributed by atoms with Crippen molar-refractivity contribution in [2.75, 3.05) is 38.0 Å². The average Bonchev–Trinajstić information content (AvgIpc) is 2.67. The third-order valence-corrected chi connectivity index (χ3v) is 4.60. The highest BCUT2D eigenvalue weighted by atomic mass is 16.4. The summed E-state index contributed by atoms with van der Waals surface area (Å²) in [5, 5.41) is 21.4. The maximum Gasteiger partial charge on any atom is 0.305 e. The second-order valence-electron chi connectivity index (χ2n) is 6.55. The number of carboxylic acid groups (broad SMARTS) is 1. The third-order valence-electron chi connectivity index (χ3n) is 4.60. The molecule has 1 aromatic carbocycles. The normalized spacial score (nSPS) is 15.5. The van der Waals surface area contributed by atoms with Gasteiger partial charge in [0.1, 0.15) is 0 Å². The summed E-state index contributed by atoms with van der Waals surface area (Å²) in [5.74, 6) is -1.54. The molecule has 1 saturated heterocycles. The van der Waals surface area contributed by atoms with E-state index in [4.69, 9.17) is 16.2 Å². The van der Waals surface area contributed by atoms with Crippen LogP contribution in [-0.2, 0) is 9.59 Å². The molecular formula is C18H26N6O4. The maximum atomic E-state index is 12.6. The van der Waals surface area contributed by atoms with Crippen LogP contribution in [0.5, 0.6) is 0 Å². The molecule has 1 aromatic rings. The van der Waals surface area contributed by atoms with E-state index in [0.29, 0.717) is 37.4 Å². The van der Waals surface area contributed by atoms with Crippen molar-refractivity contribution in [3.63, 3.8) is 0 Å². The number of hydrogen-bond acceptors (Lipinski definition) is 5. The Kier molecular flexibility index (Phi) is 7.33. The van der Waals surface area contributed by atoms with Gasteiger partial charge in [-0.15, -0.1) is 0 Å². The van der Waals surface area contributed by atoms with Crippen LogP contribution in [0.4, 0.5) is 5.69 Å². The molecule has 10 heteroatoms. The molecule has 1 unspecified atom stereocenters. The fourth-order valence-corrected chi connectivity index (χ4v) is 2.89. The number of guanidine groups is 1. The minimum absolute atomic E-state index is 0.0357. The lowest BCUT2D eigenvalue weighted by molar-refractivity contribution is -0.136. The Balaban J connectivity index is 1.90. The summed E-state index contributed by atoms with van der Waals surface area (Å²) >= 11 is 0. The number of benzene rings is 1. The largest absolute Gasteiger partial charge is 0.481 e. The van der Waals surface area contributed by atoms with E-state index in [-0.39, 0.29) is 30.9 Å². The molecular weight excluding hydrogens is 364 g/mol. The van der Waals surface area contributed by atoms with Crippen LogP contribution >= 0.6 is 0 Å². The predicted molar refractivity (Wildman–Crippen MR) is 104 cm³/mol. The van der Waals surface area contributed by atoms with E-state index < -0.39 is 11.9 Å². The van der Waals surface area contributed by atoms with Gasteiger partial charge in [-0.3, -0.25) is 24.7 Å². The number of anilines is 1. The average molecular weight is 390 g/mol. The van der Waals surface area contributed by atoms with Crippen molar-refractivity contribution < 1.29 is 19.5 Å². The number of piperazine rings is 1. The maximum absolute atomic E-state index is 12.6. The van der Waals surface area contributed by atoms with Crippen molar-refractivity contribution in [2.45, 2.75) is 19.4 Å². The van der Waals surface area contributed by atoms with Gasteiger partial charge in [-0.25, -0.2) is 0 Å². The minimum atomic E-state index is -0.987. The van der Waals surface area contributed by atoms with Gasteiger partial charge < -0.3 is 26.4 Å². The first-order valence-corrected chi connectivity index (χ1v) is 9.02. The zero-order valence-electron chi connectivity index (χ0n) is 15.8. The van der Waals surface area contributed by atoms with Crippen molar-refractivity contribution in [1.82, 2.24) is 15.1 Å². The van der Waals surface area contributed by atoms with Gasteiger partial charge in [0.15, 0.2) is 5.96 Å². The van der Waals surface area contributed by atoms with Crippen LogP contribution in [0.2, 0.25) is 0 Å². The van der Waals surface area contributed by atoms with Crippen LogP contribution in [0.25, 0.3) is 0 Å². The van der Waals surface area contributed by atoms with Crippen molar-refractivity contribution in [3.8, 4) is 0 Å². The van der Waals surface area contributed by atoms with Crippen LogP contribution in [-0.4, -0.2) is 77.4 Å². The number of aliphatic carboxylic acids is 1. The lowest BCUT2D eigenvalue weighted by Gasteiger charge is -2.37. The summed E-state index contributed by atoms with van der Waals surface area (Å²) in [6.07, 6.45) is -0.156. The van der Waals surface area contributed by atoms with Crippen molar-refractivity contribution in [3.05, 3.63) is 29.8 Å². The highest BCUT2D eigenvalue weighted by molar-refractivity contribution is 5.98. The number of nitrogens with one attached hydrogen (secondary N) is 3. The van der Waals surface area contributed by atoms with E-state index in [0.717, 1.165) is 0 Å². The number of amides is 2. The SMILES string of the molecule is CC(C(=O)Nc1cccc(C(=O)NCCC(=O)O)c1)N1CCN(C(=N)N)CC1. The fourth-order valence-electron chi connectivity index (χ4n) is 2.89. The van der Waals surface area contributed by atoms with Crippen LogP contribution < -0.4 is 16.4 Å². The number of carbonyl (C=O) groups excluding carboxylic acids is 2. The van der Waals surface area contributed by atoms with Gasteiger partial charge in [0.05, 0.1) is 12.5 Å². The predicted octanol–water partition coefficient (Wildman–Crippen LogP) is -0.271. The molecule has 1 fully saturated rings. The second kappa shape index (κ2) is 9.70. The molecule has 1 aliphatic rings. The Bertz CT molecular complexity index is 745. The van der Waals surface area contributed by atoms with Gasteiger partial charge in [-0.1, -0.05) is 6.07 Å². The quantitative estimate of drug-likeness (QED) is 0.317. The molecule has 6 N–H and O–H groups in total. The molecule has 0 aromatic heterocycles. The van der Waals surface area contributed by atoms with E-state index in [2.05, 4.69) is 10.6 Å². The number of hydrogen-bond donors (Lipinski definition) is 5. The van der Waals surface area contributed by atoms with Gasteiger partial charge in [0, 0.05) is 44.0 Å². The second-order valence-corrected chi connectivity index (χ2v) is 6.55. The molecule has 1 heterocycles. The number of carboxylic acids is 1. The number of carbonyl (C=O) groups is 3. The van der Waals surface area contributed by atoms with E-state index >= 15 is 0 Å². The van der Waals surface area contributed by atoms with Crippen LogP contribution in [0.15, 0.2) is 24.3 Å². The molecule has 2 rings (SSSR count). The summed E-state index contributed by atoms with van der Waals surface area (Å²) in [7, 11) is 0. The molecule has 0 bridgehead atoms. The molecule has 2 amide bonds. The minimum Gasteiger partial charge on any atom is -0.481 e. The highest BCUT2D eigenvalue weighted by Crippen LogP contribution is 2.13. The monoisotopic (exact) mass is 390 g/mol. The fraction of sp³-hybridized carbons (Fsp3) is 0.444. The summed E-state index contributed by atoms with van der Waals surface area (Å²) in [6, 6.07) is 6.11. The van der Waals surface area contributed by atoms with Crippen LogP contribution in [0.3, 0.4) is 0 Å². The number of nitrogens with zero attached hydrogens (tertiary/aromatic N) is 2. The third kappa shape index (κ3) is 5.95. The summed E-state index contributed by atoms with van der Waals surface area (Å²) in [5.41, 5.74) is 6.31. The Labute approximate surface area is 163 Å². The molecule has 1 atom stereocenters. The summed E-state index contributed by atoms with van der Waals surface area (Å²) in [4.78, 5) is 38.9. The lowest BCUT2D eigenvalue weighted by Crippen LogP contribution is -2.55. The molecule has 1 aliphatic heterocycles. The zero-order valence-corrected chi connectivity index (χ0v) is 15.8. The number of rotatable bonds is 7. The van der Waals surface area contributed by atoms with Crippen molar-refractivity contribution in [1.29, 1.82) is 5.41 Å². The molecule has 0 radical (unpaired) electrons. The Hall–Kier alpha value is -3.14. The standard InChI is InChI=1S/C18H26N6O4/c1-12(23-7-9-24(10-8-23)18(19)20)16(27)22-14-4-2-3-13(11-14)17(28)21-6-5-15(25)26/h2-4,11-12H,5-10H2,1H3,(H3,19,20)(H,21,28)(H,22,27)(H,25,26). The highest BCUT2D eigenvalue weighted by Gasteiger charge is 2.26. The molecule has 10 nitrogen and oxygen atoms in total. The number of nitrogens with two attached hydrogens (primary N) is 1. The van der Waals surface area contributed by atoms with E-state index in [1.54, 1.807) is 36.1 Å².